The van der Waals surface area contributed by atoms with E-state index in [-0.39, 0.29) is 0 Å². The lowest BCUT2D eigenvalue weighted by Gasteiger charge is -2.19. The summed E-state index contributed by atoms with van der Waals surface area (Å²) >= 11 is 0. The average molecular weight is 263 g/mol. The first-order chi connectivity index (χ1) is 8.20. The number of rotatable bonds is 3. The maximum atomic E-state index is 12.1. The fourth-order valence-electron chi connectivity index (χ4n) is 1.34. The molecule has 1 amide bonds. The Bertz CT molecular complexity index is 496. The third-order valence-corrected chi connectivity index (χ3v) is 2.27. The Balaban J connectivity index is 2.79. The van der Waals surface area contributed by atoms with Gasteiger partial charge in [-0.1, -0.05) is 0 Å². The van der Waals surface area contributed by atoms with E-state index >= 15 is 0 Å². The maximum Gasteiger partial charge on any atom is 0.406 e. The maximum absolute atomic E-state index is 12.1. The van der Waals surface area contributed by atoms with Gasteiger partial charge in [0.05, 0.1) is 6.20 Å². The van der Waals surface area contributed by atoms with E-state index in [0.29, 0.717) is 10.6 Å². The highest BCUT2D eigenvalue weighted by molar-refractivity contribution is 5.75. The minimum Gasteiger partial charge on any atom is -0.335 e. The summed E-state index contributed by atoms with van der Waals surface area (Å²) in [5, 5.41) is 0. The summed E-state index contributed by atoms with van der Waals surface area (Å²) < 4.78 is 37.3. The number of carbonyl (C=O) groups excluding carboxylic acids is 1. The van der Waals surface area contributed by atoms with Crippen LogP contribution in [-0.2, 0) is 11.3 Å². The summed E-state index contributed by atoms with van der Waals surface area (Å²) in [6, 6.07) is 0. The van der Waals surface area contributed by atoms with E-state index in [0.717, 1.165) is 17.8 Å². The molecule has 0 aliphatic heterocycles. The molecule has 18 heavy (non-hydrogen) atoms. The average Bonchev–Trinajstić information content (AvgIpc) is 2.21. The van der Waals surface area contributed by atoms with Crippen LogP contribution < -0.4 is 5.56 Å². The second-order valence-corrected chi connectivity index (χ2v) is 3.84. The van der Waals surface area contributed by atoms with Crippen molar-refractivity contribution < 1.29 is 18.0 Å². The topological polar surface area (TPSA) is 55.2 Å². The largest absolute Gasteiger partial charge is 0.406 e. The summed E-state index contributed by atoms with van der Waals surface area (Å²) in [5.41, 5.74) is -0.111. The van der Waals surface area contributed by atoms with Crippen LogP contribution in [0.2, 0.25) is 0 Å². The monoisotopic (exact) mass is 263 g/mol. The van der Waals surface area contributed by atoms with Crippen LogP contribution in [0.5, 0.6) is 0 Å². The molecule has 0 unspecified atom stereocenters. The molecule has 0 bridgehead atoms. The van der Waals surface area contributed by atoms with Crippen molar-refractivity contribution >= 4 is 5.91 Å². The van der Waals surface area contributed by atoms with Gasteiger partial charge in [-0.3, -0.25) is 14.6 Å². The first-order valence-corrected chi connectivity index (χ1v) is 5.03. The van der Waals surface area contributed by atoms with Gasteiger partial charge in [0.2, 0.25) is 5.91 Å². The second-order valence-electron chi connectivity index (χ2n) is 3.84. The molecule has 0 radical (unpaired) electrons. The quantitative estimate of drug-likeness (QED) is 0.801. The molecule has 0 saturated carbocycles. The first kappa shape index (κ1) is 14.2. The van der Waals surface area contributed by atoms with Gasteiger partial charge < -0.3 is 9.47 Å². The zero-order chi connectivity index (χ0) is 13.9. The Morgan fingerprint density at radius 3 is 2.56 bits per heavy atom. The Hall–Kier alpha value is -1.86. The van der Waals surface area contributed by atoms with Crippen LogP contribution in [0.25, 0.3) is 0 Å². The summed E-state index contributed by atoms with van der Waals surface area (Å²) in [5.74, 6) is -0.788. The Morgan fingerprint density at radius 1 is 1.44 bits per heavy atom. The SMILES string of the molecule is Cc1cncc(=O)n1CC(=O)N(C)CC(F)(F)F. The van der Waals surface area contributed by atoms with Crippen LogP contribution in [-0.4, -0.2) is 40.1 Å². The van der Waals surface area contributed by atoms with Crippen molar-refractivity contribution in [2.24, 2.45) is 0 Å². The van der Waals surface area contributed by atoms with Crippen LogP contribution in [0.3, 0.4) is 0 Å². The molecule has 1 rings (SSSR count). The zero-order valence-corrected chi connectivity index (χ0v) is 9.86. The Morgan fingerprint density at radius 2 is 2.06 bits per heavy atom. The van der Waals surface area contributed by atoms with Crippen molar-refractivity contribution in [2.75, 3.05) is 13.6 Å². The number of halogens is 3. The van der Waals surface area contributed by atoms with Gasteiger partial charge in [0.15, 0.2) is 0 Å². The fraction of sp³-hybridized carbons (Fsp3) is 0.500. The number of aromatic nitrogens is 2. The molecule has 1 aromatic rings. The molecule has 0 aliphatic rings. The lowest BCUT2D eigenvalue weighted by molar-refractivity contribution is -0.158. The van der Waals surface area contributed by atoms with Crippen molar-refractivity contribution in [2.45, 2.75) is 19.6 Å². The first-order valence-electron chi connectivity index (χ1n) is 5.03. The summed E-state index contributed by atoms with van der Waals surface area (Å²) in [7, 11) is 1.04. The number of carbonyl (C=O) groups is 1. The molecule has 0 spiro atoms. The molecule has 0 saturated heterocycles. The van der Waals surface area contributed by atoms with Gasteiger partial charge in [0.1, 0.15) is 13.1 Å². The predicted octanol–water partition coefficient (Wildman–Crippen LogP) is 0.572. The fourth-order valence-corrected chi connectivity index (χ4v) is 1.34. The van der Waals surface area contributed by atoms with E-state index in [2.05, 4.69) is 4.98 Å². The molecule has 5 nitrogen and oxygen atoms in total. The van der Waals surface area contributed by atoms with Gasteiger partial charge in [0.25, 0.3) is 5.56 Å². The molecule has 0 atom stereocenters. The van der Waals surface area contributed by atoms with Crippen molar-refractivity contribution in [1.29, 1.82) is 0 Å². The number of nitrogens with zero attached hydrogens (tertiary/aromatic N) is 3. The van der Waals surface area contributed by atoms with E-state index in [1.807, 2.05) is 0 Å². The molecule has 0 N–H and O–H groups in total. The van der Waals surface area contributed by atoms with Gasteiger partial charge in [-0.25, -0.2) is 0 Å². The highest BCUT2D eigenvalue weighted by Crippen LogP contribution is 2.15. The number of hydrogen-bond donors (Lipinski definition) is 0. The van der Waals surface area contributed by atoms with Gasteiger partial charge in [-0.15, -0.1) is 0 Å². The molecular formula is C10H12F3N3O2. The van der Waals surface area contributed by atoms with E-state index in [4.69, 9.17) is 0 Å². The Labute approximate surface area is 101 Å². The smallest absolute Gasteiger partial charge is 0.335 e. The molecule has 8 heteroatoms. The van der Waals surface area contributed by atoms with E-state index in [1.165, 1.54) is 6.20 Å². The molecule has 100 valence electrons. The highest BCUT2D eigenvalue weighted by Gasteiger charge is 2.31. The number of alkyl halides is 3. The molecule has 0 aliphatic carbocycles. The zero-order valence-electron chi connectivity index (χ0n) is 9.86. The van der Waals surface area contributed by atoms with Gasteiger partial charge in [-0.05, 0) is 6.92 Å². The van der Waals surface area contributed by atoms with Gasteiger partial charge in [0, 0.05) is 18.9 Å². The van der Waals surface area contributed by atoms with Crippen molar-refractivity contribution in [3.8, 4) is 0 Å². The standard InChI is InChI=1S/C10H12F3N3O2/c1-7-3-14-4-8(17)16(7)5-9(18)15(2)6-10(11,12)13/h3-4H,5-6H2,1-2H3. The third kappa shape index (κ3) is 3.86. The normalized spacial score (nSPS) is 11.4. The van der Waals surface area contributed by atoms with Crippen LogP contribution in [0.15, 0.2) is 17.2 Å². The van der Waals surface area contributed by atoms with Crippen molar-refractivity contribution in [3.05, 3.63) is 28.4 Å². The van der Waals surface area contributed by atoms with Crippen LogP contribution in [0.4, 0.5) is 13.2 Å². The Kier molecular flexibility index (Phi) is 4.10. The number of amides is 1. The summed E-state index contributed by atoms with van der Waals surface area (Å²) in [6.45, 7) is -0.226. The molecule has 1 heterocycles. The molecule has 1 aromatic heterocycles. The van der Waals surface area contributed by atoms with E-state index in [1.54, 1.807) is 6.92 Å². The highest BCUT2D eigenvalue weighted by atomic mass is 19.4. The molecular weight excluding hydrogens is 251 g/mol. The van der Waals surface area contributed by atoms with Crippen LogP contribution in [0, 0.1) is 6.92 Å². The van der Waals surface area contributed by atoms with Crippen LogP contribution in [0.1, 0.15) is 5.69 Å². The number of aryl methyl sites for hydroxylation is 1. The number of likely N-dealkylation sites (N-methyl/N-ethyl adjacent to an activating group) is 1. The summed E-state index contributed by atoms with van der Waals surface area (Å²) in [6.07, 6.45) is -2.09. The minimum atomic E-state index is -4.46. The lowest BCUT2D eigenvalue weighted by atomic mass is 10.4. The van der Waals surface area contributed by atoms with E-state index < -0.39 is 30.7 Å². The molecule has 0 fully saturated rings. The second kappa shape index (κ2) is 5.19. The van der Waals surface area contributed by atoms with Crippen LogP contribution >= 0.6 is 0 Å². The summed E-state index contributed by atoms with van der Waals surface area (Å²) in [4.78, 5) is 27.1. The number of hydrogen-bond acceptors (Lipinski definition) is 3. The van der Waals surface area contributed by atoms with E-state index in [9.17, 15) is 22.8 Å². The molecule has 0 aromatic carbocycles. The van der Waals surface area contributed by atoms with Gasteiger partial charge >= 0.3 is 6.18 Å². The van der Waals surface area contributed by atoms with Gasteiger partial charge in [-0.2, -0.15) is 13.2 Å². The third-order valence-electron chi connectivity index (χ3n) is 2.27. The van der Waals surface area contributed by atoms with Crippen molar-refractivity contribution in [1.82, 2.24) is 14.5 Å². The van der Waals surface area contributed by atoms with Crippen molar-refractivity contribution in [3.63, 3.8) is 0 Å². The minimum absolute atomic E-state index is 0.413. The predicted molar refractivity (Wildman–Crippen MR) is 56.9 cm³/mol. The lowest BCUT2D eigenvalue weighted by Crippen LogP contribution is -2.39.